The van der Waals surface area contributed by atoms with Crippen LogP contribution in [0.3, 0.4) is 0 Å². The highest BCUT2D eigenvalue weighted by molar-refractivity contribution is 8.00. The number of hydrogen-bond donors (Lipinski definition) is 1. The first-order valence-corrected chi connectivity index (χ1v) is 7.20. The van der Waals surface area contributed by atoms with Gasteiger partial charge in [-0.1, -0.05) is 23.7 Å². The molecule has 0 aliphatic heterocycles. The molecule has 0 aliphatic carbocycles. The van der Waals surface area contributed by atoms with Crippen molar-refractivity contribution in [3.8, 4) is 0 Å². The lowest BCUT2D eigenvalue weighted by molar-refractivity contribution is -0.130. The lowest BCUT2D eigenvalue weighted by atomic mass is 10.3. The third-order valence-electron chi connectivity index (χ3n) is 2.47. The van der Waals surface area contributed by atoms with Gasteiger partial charge in [0, 0.05) is 17.5 Å². The molecule has 3 nitrogen and oxygen atoms in total. The van der Waals surface area contributed by atoms with E-state index in [0.29, 0.717) is 17.3 Å². The molecule has 1 amide bonds. The van der Waals surface area contributed by atoms with E-state index in [1.165, 1.54) is 11.8 Å². The van der Waals surface area contributed by atoms with Gasteiger partial charge in [-0.3, -0.25) is 4.79 Å². The number of hydrogen-bond acceptors (Lipinski definition) is 3. The fourth-order valence-electron chi connectivity index (χ4n) is 1.56. The fraction of sp³-hybridized carbons (Fsp3) is 0.462. The smallest absolute Gasteiger partial charge is 0.233 e. The zero-order valence-corrected chi connectivity index (χ0v) is 12.2. The predicted molar refractivity (Wildman–Crippen MR) is 76.1 cm³/mol. The molecule has 0 heterocycles. The summed E-state index contributed by atoms with van der Waals surface area (Å²) < 4.78 is 0. The maximum Gasteiger partial charge on any atom is 0.233 e. The zero-order chi connectivity index (χ0) is 13.5. The first-order valence-electron chi connectivity index (χ1n) is 5.84. The molecule has 0 saturated carbocycles. The molecule has 0 aromatic heterocycles. The Kier molecular flexibility index (Phi) is 6.54. The van der Waals surface area contributed by atoms with E-state index < -0.39 is 0 Å². The van der Waals surface area contributed by atoms with Crippen molar-refractivity contribution in [3.05, 3.63) is 29.3 Å². The second-order valence-electron chi connectivity index (χ2n) is 4.12. The van der Waals surface area contributed by atoms with Crippen LogP contribution in [0.4, 0.5) is 0 Å². The molecule has 0 aliphatic rings. The van der Waals surface area contributed by atoms with Gasteiger partial charge in [-0.05, 0) is 26.0 Å². The maximum absolute atomic E-state index is 12.0. The van der Waals surface area contributed by atoms with Gasteiger partial charge >= 0.3 is 0 Å². The number of rotatable bonds is 6. The molecule has 1 aromatic carbocycles. The molecule has 1 N–H and O–H groups in total. The Balaban J connectivity index is 2.57. The zero-order valence-electron chi connectivity index (χ0n) is 10.6. The van der Waals surface area contributed by atoms with Crippen LogP contribution in [0.2, 0.25) is 5.02 Å². The molecule has 0 fully saturated rings. The van der Waals surface area contributed by atoms with Crippen LogP contribution < -0.4 is 0 Å². The highest BCUT2D eigenvalue weighted by Gasteiger charge is 2.16. The van der Waals surface area contributed by atoms with Crippen LogP contribution in [0.15, 0.2) is 29.2 Å². The molecule has 18 heavy (non-hydrogen) atoms. The topological polar surface area (TPSA) is 40.5 Å². The highest BCUT2D eigenvalue weighted by atomic mass is 35.5. The summed E-state index contributed by atoms with van der Waals surface area (Å²) in [6.45, 7) is 4.24. The standard InChI is InChI=1S/C13H18ClNO2S/c1-10(2)15(7-8-16)13(17)9-18-12-6-4-3-5-11(12)14/h3-6,10,16H,7-9H2,1-2H3. The molecule has 0 spiro atoms. The first kappa shape index (κ1) is 15.3. The summed E-state index contributed by atoms with van der Waals surface area (Å²) in [5.74, 6) is 0.353. The summed E-state index contributed by atoms with van der Waals surface area (Å²) in [7, 11) is 0. The van der Waals surface area contributed by atoms with E-state index in [-0.39, 0.29) is 18.6 Å². The Hall–Kier alpha value is -0.710. The molecule has 0 radical (unpaired) electrons. The maximum atomic E-state index is 12.0. The van der Waals surface area contributed by atoms with Crippen molar-refractivity contribution in [2.24, 2.45) is 0 Å². The third kappa shape index (κ3) is 4.52. The summed E-state index contributed by atoms with van der Waals surface area (Å²) in [5.41, 5.74) is 0. The predicted octanol–water partition coefficient (Wildman–Crippen LogP) is 2.66. The monoisotopic (exact) mass is 287 g/mol. The molecule has 5 heteroatoms. The van der Waals surface area contributed by atoms with Gasteiger partial charge in [0.15, 0.2) is 0 Å². The Morgan fingerprint density at radius 2 is 2.11 bits per heavy atom. The average Bonchev–Trinajstić information content (AvgIpc) is 2.34. The van der Waals surface area contributed by atoms with Crippen molar-refractivity contribution in [1.29, 1.82) is 0 Å². The van der Waals surface area contributed by atoms with Gasteiger partial charge in [-0.2, -0.15) is 0 Å². The molecule has 1 rings (SSSR count). The van der Waals surface area contributed by atoms with E-state index in [2.05, 4.69) is 0 Å². The Bertz CT molecular complexity index is 398. The third-order valence-corrected chi connectivity index (χ3v) is 3.97. The van der Waals surface area contributed by atoms with Crippen LogP contribution in [-0.4, -0.2) is 40.9 Å². The molecule has 0 atom stereocenters. The molecular weight excluding hydrogens is 270 g/mol. The molecule has 0 saturated heterocycles. The van der Waals surface area contributed by atoms with Gasteiger partial charge in [0.1, 0.15) is 0 Å². The van der Waals surface area contributed by atoms with Crippen molar-refractivity contribution in [1.82, 2.24) is 4.90 Å². The molecule has 100 valence electrons. The summed E-state index contributed by atoms with van der Waals surface area (Å²) in [6.07, 6.45) is 0. The molecule has 0 unspecified atom stereocenters. The number of amides is 1. The second kappa shape index (κ2) is 7.67. The van der Waals surface area contributed by atoms with Gasteiger partial charge in [-0.15, -0.1) is 11.8 Å². The van der Waals surface area contributed by atoms with E-state index in [9.17, 15) is 4.79 Å². The van der Waals surface area contributed by atoms with E-state index >= 15 is 0 Å². The van der Waals surface area contributed by atoms with Crippen LogP contribution in [-0.2, 0) is 4.79 Å². The number of benzene rings is 1. The number of carbonyl (C=O) groups excluding carboxylic acids is 1. The van der Waals surface area contributed by atoms with E-state index in [4.69, 9.17) is 16.7 Å². The van der Waals surface area contributed by atoms with Crippen molar-refractivity contribution in [2.45, 2.75) is 24.8 Å². The number of halogens is 1. The minimum absolute atomic E-state index is 0.0132. The first-order chi connectivity index (χ1) is 8.56. The average molecular weight is 288 g/mol. The summed E-state index contributed by atoms with van der Waals surface area (Å²) in [5, 5.41) is 9.60. The second-order valence-corrected chi connectivity index (χ2v) is 5.55. The van der Waals surface area contributed by atoms with Crippen LogP contribution in [0.1, 0.15) is 13.8 Å². The Morgan fingerprint density at radius 1 is 1.44 bits per heavy atom. The lowest BCUT2D eigenvalue weighted by Crippen LogP contribution is -2.40. The summed E-state index contributed by atoms with van der Waals surface area (Å²) >= 11 is 7.45. The fourth-order valence-corrected chi connectivity index (χ4v) is 2.69. The van der Waals surface area contributed by atoms with Crippen molar-refractivity contribution >= 4 is 29.3 Å². The molecular formula is C13H18ClNO2S. The number of nitrogens with zero attached hydrogens (tertiary/aromatic N) is 1. The summed E-state index contributed by atoms with van der Waals surface area (Å²) in [4.78, 5) is 14.6. The largest absolute Gasteiger partial charge is 0.395 e. The lowest BCUT2D eigenvalue weighted by Gasteiger charge is -2.25. The van der Waals surface area contributed by atoms with Gasteiger partial charge in [0.05, 0.1) is 17.4 Å². The minimum atomic E-state index is -0.0132. The van der Waals surface area contributed by atoms with Gasteiger partial charge in [-0.25, -0.2) is 0 Å². The van der Waals surface area contributed by atoms with E-state index in [0.717, 1.165) is 4.90 Å². The minimum Gasteiger partial charge on any atom is -0.395 e. The van der Waals surface area contributed by atoms with Gasteiger partial charge < -0.3 is 10.0 Å². The van der Waals surface area contributed by atoms with Crippen molar-refractivity contribution in [3.63, 3.8) is 0 Å². The van der Waals surface area contributed by atoms with Crippen LogP contribution in [0.5, 0.6) is 0 Å². The van der Waals surface area contributed by atoms with Gasteiger partial charge in [0.25, 0.3) is 0 Å². The summed E-state index contributed by atoms with van der Waals surface area (Å²) in [6, 6.07) is 7.55. The SMILES string of the molecule is CC(C)N(CCO)C(=O)CSc1ccccc1Cl. The van der Waals surface area contributed by atoms with Crippen molar-refractivity contribution < 1.29 is 9.90 Å². The quantitative estimate of drug-likeness (QED) is 0.818. The van der Waals surface area contributed by atoms with Crippen LogP contribution >= 0.6 is 23.4 Å². The number of aliphatic hydroxyl groups excluding tert-OH is 1. The van der Waals surface area contributed by atoms with Crippen LogP contribution in [0, 0.1) is 0 Å². The Labute approximate surface area is 117 Å². The van der Waals surface area contributed by atoms with Crippen LogP contribution in [0.25, 0.3) is 0 Å². The number of carbonyl (C=O) groups is 1. The Morgan fingerprint density at radius 3 is 2.67 bits per heavy atom. The van der Waals surface area contributed by atoms with E-state index in [1.54, 1.807) is 4.90 Å². The van der Waals surface area contributed by atoms with E-state index in [1.807, 2.05) is 38.1 Å². The molecule has 1 aromatic rings. The van der Waals surface area contributed by atoms with Gasteiger partial charge in [0.2, 0.25) is 5.91 Å². The highest BCUT2D eigenvalue weighted by Crippen LogP contribution is 2.26. The molecule has 0 bridgehead atoms. The van der Waals surface area contributed by atoms with Crippen molar-refractivity contribution in [2.75, 3.05) is 18.9 Å². The number of thioether (sulfide) groups is 1. The number of aliphatic hydroxyl groups is 1. The normalized spacial score (nSPS) is 10.7.